The Labute approximate surface area is 202 Å². The first-order valence-corrected chi connectivity index (χ1v) is 11.9. The van der Waals surface area contributed by atoms with E-state index in [1.807, 2.05) is 31.2 Å². The summed E-state index contributed by atoms with van der Waals surface area (Å²) >= 11 is 1.59. The molecular weight excluding hydrogens is 454 g/mol. The molecule has 9 nitrogen and oxygen atoms in total. The van der Waals surface area contributed by atoms with Crippen LogP contribution in [0.15, 0.2) is 40.3 Å². The van der Waals surface area contributed by atoms with Crippen molar-refractivity contribution in [3.63, 3.8) is 0 Å². The van der Waals surface area contributed by atoms with Crippen molar-refractivity contribution in [2.75, 3.05) is 45.2 Å². The van der Waals surface area contributed by atoms with Gasteiger partial charge in [0, 0.05) is 52.0 Å². The summed E-state index contributed by atoms with van der Waals surface area (Å²) in [6, 6.07) is 9.55. The molecule has 1 saturated heterocycles. The predicted molar refractivity (Wildman–Crippen MR) is 132 cm³/mol. The first-order chi connectivity index (χ1) is 16.2. The molecule has 0 saturated carbocycles. The quantitative estimate of drug-likeness (QED) is 0.377. The third-order valence-corrected chi connectivity index (χ3v) is 6.48. The van der Waals surface area contributed by atoms with E-state index in [4.69, 9.17) is 14.5 Å². The number of ether oxygens (including phenoxy) is 2. The second kappa shape index (κ2) is 9.55. The van der Waals surface area contributed by atoms with Gasteiger partial charge in [0.2, 0.25) is 0 Å². The van der Waals surface area contributed by atoms with Crippen LogP contribution in [0.3, 0.4) is 0 Å². The molecule has 0 unspecified atom stereocenters. The molecule has 0 spiro atoms. The Morgan fingerprint density at radius 3 is 2.56 bits per heavy atom. The molecule has 3 heterocycles. The summed E-state index contributed by atoms with van der Waals surface area (Å²) < 4.78 is 11.9. The smallest absolute Gasteiger partial charge is 0.419 e. The average Bonchev–Trinajstić information content (AvgIpc) is 3.05. The molecule has 1 aromatic heterocycles. The molecule has 2 aromatic rings. The highest BCUT2D eigenvalue weighted by Gasteiger charge is 2.36. The number of carbonyl (C=O) groups excluding carboxylic acids is 2. The fraction of sp³-hybridized carbons (Fsp3) is 0.417. The van der Waals surface area contributed by atoms with E-state index in [0.717, 1.165) is 53.0 Å². The molecule has 0 aliphatic carbocycles. The molecule has 0 N–H and O–H groups in total. The van der Waals surface area contributed by atoms with E-state index in [9.17, 15) is 9.59 Å². The summed E-state index contributed by atoms with van der Waals surface area (Å²) in [5, 5.41) is 0.883. The van der Waals surface area contributed by atoms with E-state index in [0.29, 0.717) is 11.4 Å². The Morgan fingerprint density at radius 1 is 1.15 bits per heavy atom. The minimum atomic E-state index is -1.51. The number of piperazine rings is 1. The normalized spacial score (nSPS) is 16.6. The fourth-order valence-electron chi connectivity index (χ4n) is 4.00. The summed E-state index contributed by atoms with van der Waals surface area (Å²) in [5.74, 6) is -1.47. The number of benzene rings is 1. The van der Waals surface area contributed by atoms with Crippen molar-refractivity contribution in [2.24, 2.45) is 9.98 Å². The molecule has 2 aliphatic heterocycles. The van der Waals surface area contributed by atoms with Gasteiger partial charge in [0.25, 0.3) is 5.79 Å². The van der Waals surface area contributed by atoms with E-state index in [1.165, 1.54) is 20.9 Å². The third kappa shape index (κ3) is 4.97. The van der Waals surface area contributed by atoms with E-state index in [2.05, 4.69) is 27.9 Å². The zero-order valence-electron chi connectivity index (χ0n) is 20.1. The zero-order chi connectivity index (χ0) is 24.5. The van der Waals surface area contributed by atoms with Crippen LogP contribution in [0.2, 0.25) is 0 Å². The minimum absolute atomic E-state index is 0.611. The molecule has 0 radical (unpaired) electrons. The number of nitrogens with zero attached hydrogens (tertiary/aromatic N) is 5. The van der Waals surface area contributed by atoms with Gasteiger partial charge in [0.15, 0.2) is 0 Å². The van der Waals surface area contributed by atoms with Gasteiger partial charge in [-0.1, -0.05) is 12.1 Å². The molecule has 10 heteroatoms. The van der Waals surface area contributed by atoms with Gasteiger partial charge in [-0.15, -0.1) is 11.3 Å². The Bertz CT molecular complexity index is 1240. The van der Waals surface area contributed by atoms with Crippen molar-refractivity contribution in [1.29, 1.82) is 0 Å². The number of hydrogen-bond acceptors (Lipinski definition) is 9. The molecule has 180 valence electrons. The number of likely N-dealkylation sites (N-methyl/N-ethyl adjacent to an activating group) is 1. The maximum absolute atomic E-state index is 13.8. The number of amides is 1. The van der Waals surface area contributed by atoms with E-state index < -0.39 is 17.8 Å². The molecule has 0 bridgehead atoms. The number of para-hydroxylation sites is 2. The number of carbonyl (C=O) groups is 2. The second-order valence-corrected chi connectivity index (χ2v) is 9.94. The highest BCUT2D eigenvalue weighted by molar-refractivity contribution is 7.09. The monoisotopic (exact) mass is 483 g/mol. The molecule has 1 amide bonds. The highest BCUT2D eigenvalue weighted by atomic mass is 32.1. The third-order valence-electron chi connectivity index (χ3n) is 5.53. The van der Waals surface area contributed by atoms with Crippen LogP contribution in [0, 0.1) is 6.92 Å². The summed E-state index contributed by atoms with van der Waals surface area (Å²) in [4.78, 5) is 41.4. The van der Waals surface area contributed by atoms with Crippen LogP contribution in [0.25, 0.3) is 5.82 Å². The minimum Gasteiger partial charge on any atom is -0.419 e. The second-order valence-electron chi connectivity index (χ2n) is 8.70. The van der Waals surface area contributed by atoms with Crippen molar-refractivity contribution >= 4 is 46.8 Å². The summed E-state index contributed by atoms with van der Waals surface area (Å²) in [5.41, 5.74) is 1.28. The SMILES string of the molecule is CN=CC(=O)OC(C)(C)OC(=O)N1C(N2CCN(C)CC2)=c2cc(C)sc2=Nc2ccccc21. The predicted octanol–water partition coefficient (Wildman–Crippen LogP) is 2.26. The molecule has 1 fully saturated rings. The Balaban J connectivity index is 1.83. The molecule has 4 rings (SSSR count). The lowest BCUT2D eigenvalue weighted by Gasteiger charge is -2.39. The number of hydrogen-bond donors (Lipinski definition) is 0. The van der Waals surface area contributed by atoms with Crippen molar-refractivity contribution in [2.45, 2.75) is 26.6 Å². The summed E-state index contributed by atoms with van der Waals surface area (Å²) in [6.45, 7) is 8.30. The fourth-order valence-corrected chi connectivity index (χ4v) is 4.89. The van der Waals surface area contributed by atoms with Gasteiger partial charge >= 0.3 is 12.1 Å². The number of fused-ring (bicyclic) bond motifs is 2. The maximum Gasteiger partial charge on any atom is 0.423 e. The number of rotatable bonds is 4. The number of aliphatic imine (C=N–C) groups is 1. The maximum atomic E-state index is 13.8. The lowest BCUT2D eigenvalue weighted by Crippen LogP contribution is -2.52. The molecule has 34 heavy (non-hydrogen) atoms. The number of anilines is 1. The van der Waals surface area contributed by atoms with Gasteiger partial charge < -0.3 is 19.3 Å². The Hall–Kier alpha value is -3.24. The van der Waals surface area contributed by atoms with Crippen LogP contribution in [0.4, 0.5) is 16.2 Å². The van der Waals surface area contributed by atoms with Crippen LogP contribution >= 0.6 is 11.3 Å². The highest BCUT2D eigenvalue weighted by Crippen LogP contribution is 2.35. The standard InChI is InChI=1S/C24H29N5O4S/c1-16-14-17-21(34-16)26-18-8-6-7-9-19(18)29(22(17)28-12-10-27(5)11-13-28)23(31)33-24(2,3)32-20(30)15-25-4/h6-9,14-15H,10-13H2,1-5H3. The number of thiophene rings is 1. The number of esters is 1. The molecule has 2 aliphatic rings. The Kier molecular flexibility index (Phi) is 6.72. The first-order valence-electron chi connectivity index (χ1n) is 11.1. The average molecular weight is 484 g/mol. The molecular formula is C24H29N5O4S. The first kappa shape index (κ1) is 23.9. The van der Waals surface area contributed by atoms with Crippen LogP contribution in [0.1, 0.15) is 18.7 Å². The largest absolute Gasteiger partial charge is 0.423 e. The van der Waals surface area contributed by atoms with Crippen molar-refractivity contribution in [3.8, 4) is 0 Å². The lowest BCUT2D eigenvalue weighted by molar-refractivity contribution is -0.185. The van der Waals surface area contributed by atoms with Gasteiger partial charge in [-0.2, -0.15) is 0 Å². The lowest BCUT2D eigenvalue weighted by atomic mass is 10.2. The Morgan fingerprint density at radius 2 is 1.85 bits per heavy atom. The summed E-state index contributed by atoms with van der Waals surface area (Å²) in [6.07, 6.45) is 0.386. The molecule has 1 aromatic carbocycles. The van der Waals surface area contributed by atoms with Gasteiger partial charge in [-0.25, -0.2) is 19.5 Å². The topological polar surface area (TPSA) is 87.0 Å². The van der Waals surface area contributed by atoms with Gasteiger partial charge in [0.05, 0.1) is 16.6 Å². The van der Waals surface area contributed by atoms with Gasteiger partial charge in [-0.05, 0) is 32.2 Å². The van der Waals surface area contributed by atoms with Crippen LogP contribution < -0.4 is 14.8 Å². The zero-order valence-corrected chi connectivity index (χ0v) is 20.9. The van der Waals surface area contributed by atoms with E-state index >= 15 is 0 Å². The van der Waals surface area contributed by atoms with Crippen LogP contribution in [0.5, 0.6) is 0 Å². The van der Waals surface area contributed by atoms with Gasteiger partial charge in [-0.3, -0.25) is 4.99 Å². The van der Waals surface area contributed by atoms with Crippen molar-refractivity contribution < 1.29 is 19.1 Å². The van der Waals surface area contributed by atoms with Crippen LogP contribution in [-0.2, 0) is 14.3 Å². The van der Waals surface area contributed by atoms with E-state index in [-0.39, 0.29) is 0 Å². The van der Waals surface area contributed by atoms with Crippen LogP contribution in [-0.4, -0.2) is 74.1 Å². The summed E-state index contributed by atoms with van der Waals surface area (Å²) in [7, 11) is 3.55. The van der Waals surface area contributed by atoms with Gasteiger partial charge in [0.1, 0.15) is 16.7 Å². The molecule has 0 atom stereocenters. The van der Waals surface area contributed by atoms with E-state index in [1.54, 1.807) is 16.2 Å². The number of aryl methyl sites for hydroxylation is 1. The van der Waals surface area contributed by atoms with Crippen molar-refractivity contribution in [3.05, 3.63) is 45.1 Å². The van der Waals surface area contributed by atoms with Crippen molar-refractivity contribution in [1.82, 2.24) is 9.80 Å².